The molecule has 7 heteroatoms. The topological polar surface area (TPSA) is 81.4 Å². The van der Waals surface area contributed by atoms with Gasteiger partial charge in [0.2, 0.25) is 10.0 Å². The van der Waals surface area contributed by atoms with Crippen LogP contribution in [0.25, 0.3) is 0 Å². The Morgan fingerprint density at radius 1 is 1.63 bits per heavy atom. The molecule has 3 N–H and O–H groups in total. The van der Waals surface area contributed by atoms with E-state index in [1.165, 1.54) is 11.3 Å². The van der Waals surface area contributed by atoms with E-state index in [1.54, 1.807) is 6.07 Å². The van der Waals surface area contributed by atoms with Gasteiger partial charge in [0.25, 0.3) is 0 Å². The predicted molar refractivity (Wildman–Crippen MR) is 75.7 cm³/mol. The summed E-state index contributed by atoms with van der Waals surface area (Å²) in [5.74, 6) is 0.254. The first kappa shape index (κ1) is 14.9. The fraction of sp³-hybridized carbons (Fsp3) is 0.667. The van der Waals surface area contributed by atoms with Crippen LogP contribution in [0, 0.1) is 12.8 Å². The zero-order valence-electron chi connectivity index (χ0n) is 11.2. The van der Waals surface area contributed by atoms with E-state index in [0.29, 0.717) is 24.0 Å². The van der Waals surface area contributed by atoms with Gasteiger partial charge in [0.05, 0.1) is 6.61 Å². The molecule has 2 atom stereocenters. The minimum absolute atomic E-state index is 0.115. The van der Waals surface area contributed by atoms with E-state index in [-0.39, 0.29) is 12.0 Å². The Kier molecular flexibility index (Phi) is 4.62. The second-order valence-corrected chi connectivity index (χ2v) is 7.99. The first-order valence-electron chi connectivity index (χ1n) is 6.33. The highest BCUT2D eigenvalue weighted by atomic mass is 32.2. The van der Waals surface area contributed by atoms with Crippen LogP contribution >= 0.6 is 11.3 Å². The summed E-state index contributed by atoms with van der Waals surface area (Å²) in [5, 5.41) is 0. The lowest BCUT2D eigenvalue weighted by Crippen LogP contribution is -2.38. The van der Waals surface area contributed by atoms with Gasteiger partial charge >= 0.3 is 0 Å². The number of hydrogen-bond acceptors (Lipinski definition) is 5. The number of aryl methyl sites for hydroxylation is 1. The zero-order chi connectivity index (χ0) is 14.0. The molecule has 1 aliphatic rings. The lowest BCUT2D eigenvalue weighted by molar-refractivity contribution is 0.180. The van der Waals surface area contributed by atoms with Crippen LogP contribution in [0.2, 0.25) is 0 Å². The number of ether oxygens (including phenoxy) is 1. The van der Waals surface area contributed by atoms with Crippen molar-refractivity contribution in [2.45, 2.75) is 37.1 Å². The molecule has 1 aliphatic heterocycles. The Morgan fingerprint density at radius 3 is 2.89 bits per heavy atom. The molecule has 2 heterocycles. The van der Waals surface area contributed by atoms with Gasteiger partial charge in [0.15, 0.2) is 0 Å². The Morgan fingerprint density at radius 2 is 2.37 bits per heavy atom. The summed E-state index contributed by atoms with van der Waals surface area (Å²) in [7, 11) is -3.45. The van der Waals surface area contributed by atoms with Gasteiger partial charge in [-0.1, -0.05) is 0 Å². The first-order valence-corrected chi connectivity index (χ1v) is 8.63. The maximum atomic E-state index is 12.3. The Hall–Kier alpha value is -0.470. The minimum atomic E-state index is -3.45. The van der Waals surface area contributed by atoms with Gasteiger partial charge in [-0.15, -0.1) is 11.3 Å². The van der Waals surface area contributed by atoms with E-state index < -0.39 is 10.0 Å². The van der Waals surface area contributed by atoms with Crippen molar-refractivity contribution in [2.75, 3.05) is 13.2 Å². The number of hydrogen-bond donors (Lipinski definition) is 2. The van der Waals surface area contributed by atoms with Gasteiger partial charge in [-0.3, -0.25) is 0 Å². The second-order valence-electron chi connectivity index (χ2n) is 4.91. The molecule has 2 rings (SSSR count). The maximum Gasteiger partial charge on any atom is 0.250 e. The van der Waals surface area contributed by atoms with Crippen LogP contribution in [-0.4, -0.2) is 27.7 Å². The molecule has 1 aromatic rings. The minimum Gasteiger partial charge on any atom is -0.381 e. The second kappa shape index (κ2) is 5.88. The van der Waals surface area contributed by atoms with E-state index in [4.69, 9.17) is 10.5 Å². The molecule has 0 aliphatic carbocycles. The Balaban J connectivity index is 2.12. The van der Waals surface area contributed by atoms with Crippen LogP contribution < -0.4 is 10.5 Å². The molecule has 1 aromatic heterocycles. The van der Waals surface area contributed by atoms with Crippen molar-refractivity contribution in [2.24, 2.45) is 11.7 Å². The van der Waals surface area contributed by atoms with Crippen LogP contribution in [0.4, 0.5) is 0 Å². The van der Waals surface area contributed by atoms with Crippen molar-refractivity contribution in [1.82, 2.24) is 4.72 Å². The molecule has 2 unspecified atom stereocenters. The lowest BCUT2D eigenvalue weighted by atomic mass is 10.0. The summed E-state index contributed by atoms with van der Waals surface area (Å²) in [5.41, 5.74) is 6.52. The van der Waals surface area contributed by atoms with E-state index in [9.17, 15) is 8.42 Å². The van der Waals surface area contributed by atoms with Crippen molar-refractivity contribution in [3.05, 3.63) is 16.5 Å². The summed E-state index contributed by atoms with van der Waals surface area (Å²) in [6, 6.07) is 1.57. The summed E-state index contributed by atoms with van der Waals surface area (Å²) < 4.78 is 33.0. The van der Waals surface area contributed by atoms with Gasteiger partial charge in [-0.05, 0) is 31.9 Å². The van der Waals surface area contributed by atoms with Crippen LogP contribution in [-0.2, 0) is 21.3 Å². The number of nitrogens with one attached hydrogen (secondary N) is 1. The highest BCUT2D eigenvalue weighted by Gasteiger charge is 2.27. The van der Waals surface area contributed by atoms with Crippen molar-refractivity contribution in [3.8, 4) is 0 Å². The van der Waals surface area contributed by atoms with Crippen LogP contribution in [0.1, 0.15) is 23.8 Å². The summed E-state index contributed by atoms with van der Waals surface area (Å²) in [6.07, 6.45) is 0.904. The quantitative estimate of drug-likeness (QED) is 0.857. The third kappa shape index (κ3) is 3.35. The summed E-state index contributed by atoms with van der Waals surface area (Å²) in [6.45, 7) is 5.48. The Labute approximate surface area is 118 Å². The van der Waals surface area contributed by atoms with E-state index in [1.807, 2.05) is 13.8 Å². The van der Waals surface area contributed by atoms with Crippen molar-refractivity contribution in [1.29, 1.82) is 0 Å². The molecular weight excluding hydrogens is 284 g/mol. The average Bonchev–Trinajstić information content (AvgIpc) is 2.96. The van der Waals surface area contributed by atoms with E-state index in [2.05, 4.69) is 4.72 Å². The predicted octanol–water partition coefficient (Wildman–Crippen LogP) is 1.22. The third-order valence-electron chi connectivity index (χ3n) is 3.46. The monoisotopic (exact) mass is 304 g/mol. The summed E-state index contributed by atoms with van der Waals surface area (Å²) in [4.78, 5) is 0.914. The van der Waals surface area contributed by atoms with Gasteiger partial charge < -0.3 is 10.5 Å². The molecule has 5 nitrogen and oxygen atoms in total. The molecule has 0 spiro atoms. The molecule has 0 radical (unpaired) electrons. The highest BCUT2D eigenvalue weighted by Crippen LogP contribution is 2.26. The molecule has 108 valence electrons. The number of thiophene rings is 1. The normalized spacial score (nSPS) is 21.7. The maximum absolute atomic E-state index is 12.3. The van der Waals surface area contributed by atoms with Gasteiger partial charge in [0, 0.05) is 30.0 Å². The fourth-order valence-electron chi connectivity index (χ4n) is 2.17. The highest BCUT2D eigenvalue weighted by molar-refractivity contribution is 7.91. The number of rotatable bonds is 5. The number of sulfonamides is 1. The van der Waals surface area contributed by atoms with Crippen LogP contribution in [0.5, 0.6) is 0 Å². The Bertz CT molecular complexity index is 533. The lowest BCUT2D eigenvalue weighted by Gasteiger charge is -2.18. The van der Waals surface area contributed by atoms with E-state index in [0.717, 1.165) is 16.9 Å². The molecule has 0 bridgehead atoms. The third-order valence-corrected chi connectivity index (χ3v) is 6.75. The van der Waals surface area contributed by atoms with Crippen molar-refractivity contribution >= 4 is 21.4 Å². The molecule has 19 heavy (non-hydrogen) atoms. The zero-order valence-corrected chi connectivity index (χ0v) is 12.8. The van der Waals surface area contributed by atoms with Gasteiger partial charge in [-0.25, -0.2) is 13.1 Å². The van der Waals surface area contributed by atoms with Crippen LogP contribution in [0.15, 0.2) is 10.3 Å². The molecule has 1 saturated heterocycles. The smallest absolute Gasteiger partial charge is 0.250 e. The van der Waals surface area contributed by atoms with Crippen LogP contribution in [0.3, 0.4) is 0 Å². The molecule has 0 aromatic carbocycles. The first-order chi connectivity index (χ1) is 8.94. The van der Waals surface area contributed by atoms with E-state index >= 15 is 0 Å². The van der Waals surface area contributed by atoms with Crippen molar-refractivity contribution in [3.63, 3.8) is 0 Å². The van der Waals surface area contributed by atoms with Gasteiger partial charge in [0.1, 0.15) is 4.21 Å². The standard InChI is InChI=1S/C12H20N2O3S2/c1-8-5-12(18-11(8)6-13)19(15,16)14-9(2)10-3-4-17-7-10/h5,9-10,14H,3-4,6-7,13H2,1-2H3. The SMILES string of the molecule is Cc1cc(S(=O)(=O)NC(C)C2CCOC2)sc1CN. The molecule has 1 fully saturated rings. The molecular formula is C12H20N2O3S2. The van der Waals surface area contributed by atoms with Gasteiger partial charge in [-0.2, -0.15) is 0 Å². The summed E-state index contributed by atoms with van der Waals surface area (Å²) >= 11 is 1.24. The largest absolute Gasteiger partial charge is 0.381 e. The average molecular weight is 304 g/mol. The molecule has 0 saturated carbocycles. The molecule has 0 amide bonds. The number of nitrogens with two attached hydrogens (primary N) is 1. The fourth-order valence-corrected chi connectivity index (χ4v) is 4.97. The van der Waals surface area contributed by atoms with Crippen molar-refractivity contribution < 1.29 is 13.2 Å².